The molecule has 0 aliphatic heterocycles. The van der Waals surface area contributed by atoms with Crippen molar-refractivity contribution in [2.75, 3.05) is 7.11 Å². The lowest BCUT2D eigenvalue weighted by Gasteiger charge is -2.33. The number of benzene rings is 1. The maximum Gasteiger partial charge on any atom is 0.257 e. The Bertz CT molecular complexity index is 1590. The molecule has 1 atom stereocenters. The molecule has 0 amide bonds. The molecule has 0 saturated carbocycles. The maximum atomic E-state index is 6.03. The number of aryl methyl sites for hydroxylation is 2. The molecule has 0 radical (unpaired) electrons. The highest BCUT2D eigenvalue weighted by Gasteiger charge is 2.30. The van der Waals surface area contributed by atoms with Crippen LogP contribution in [0.5, 0.6) is 5.75 Å². The molecule has 0 fully saturated rings. The van der Waals surface area contributed by atoms with Gasteiger partial charge >= 0.3 is 0 Å². The van der Waals surface area contributed by atoms with Gasteiger partial charge in [0.2, 0.25) is 5.89 Å². The number of nitrogens with zero attached hydrogens (tertiary/aromatic N) is 7. The van der Waals surface area contributed by atoms with Crippen molar-refractivity contribution in [2.24, 2.45) is 11.3 Å². The van der Waals surface area contributed by atoms with E-state index in [0.29, 0.717) is 29.7 Å². The minimum Gasteiger partial charge on any atom is -0.495 e. The first-order valence-corrected chi connectivity index (χ1v) is 13.6. The second-order valence-electron chi connectivity index (χ2n) is 11.0. The van der Waals surface area contributed by atoms with Crippen molar-refractivity contribution in [3.8, 4) is 33.5 Å². The van der Waals surface area contributed by atoms with Crippen molar-refractivity contribution in [1.82, 2.24) is 34.7 Å². The molecule has 4 heterocycles. The van der Waals surface area contributed by atoms with Crippen LogP contribution in [0.1, 0.15) is 49.2 Å². The molecule has 4 aromatic heterocycles. The third-order valence-electron chi connectivity index (χ3n) is 7.29. The molecule has 0 N–H and O–H groups in total. The third-order valence-corrected chi connectivity index (χ3v) is 8.51. The number of fused-ring (bicyclic) bond motifs is 1. The number of hydrogen-bond acceptors (Lipinski definition) is 8. The van der Waals surface area contributed by atoms with E-state index in [2.05, 4.69) is 52.3 Å². The van der Waals surface area contributed by atoms with E-state index in [1.807, 2.05) is 42.1 Å². The van der Waals surface area contributed by atoms with Crippen LogP contribution in [-0.4, -0.2) is 41.9 Å². The molecule has 0 saturated heterocycles. The van der Waals surface area contributed by atoms with Crippen molar-refractivity contribution < 1.29 is 9.15 Å². The summed E-state index contributed by atoms with van der Waals surface area (Å²) < 4.78 is 15.3. The quantitative estimate of drug-likeness (QED) is 0.276. The Morgan fingerprint density at radius 3 is 2.76 bits per heavy atom. The zero-order chi connectivity index (χ0) is 26.4. The fraction of sp³-hybridized carbons (Fsp3) is 0.393. The lowest BCUT2D eigenvalue weighted by Crippen LogP contribution is -2.26. The first kappa shape index (κ1) is 24.5. The number of thiophene rings is 1. The number of ether oxygens (including phenoxy) is 1. The van der Waals surface area contributed by atoms with Gasteiger partial charge in [0.1, 0.15) is 18.0 Å². The first-order chi connectivity index (χ1) is 18.3. The van der Waals surface area contributed by atoms with E-state index >= 15 is 0 Å². The average Bonchev–Trinajstić information content (AvgIpc) is 3.69. The van der Waals surface area contributed by atoms with E-state index < -0.39 is 0 Å². The molecule has 0 bridgehead atoms. The van der Waals surface area contributed by atoms with Crippen molar-refractivity contribution in [1.29, 1.82) is 0 Å². The van der Waals surface area contributed by atoms with Crippen LogP contribution in [0.4, 0.5) is 0 Å². The van der Waals surface area contributed by atoms with Gasteiger partial charge in [-0.3, -0.25) is 0 Å². The largest absolute Gasteiger partial charge is 0.495 e. The van der Waals surface area contributed by atoms with Gasteiger partial charge in [-0.1, -0.05) is 32.1 Å². The molecule has 1 aromatic carbocycles. The predicted octanol–water partition coefficient (Wildman–Crippen LogP) is 5.76. The summed E-state index contributed by atoms with van der Waals surface area (Å²) in [5, 5.41) is 17.2. The molecule has 0 spiro atoms. The van der Waals surface area contributed by atoms with Gasteiger partial charge < -0.3 is 13.7 Å². The third kappa shape index (κ3) is 4.76. The number of aromatic nitrogens is 7. The summed E-state index contributed by atoms with van der Waals surface area (Å²) in [6, 6.07) is 8.18. The molecule has 9 nitrogen and oxygen atoms in total. The summed E-state index contributed by atoms with van der Waals surface area (Å²) in [4.78, 5) is 6.80. The van der Waals surface area contributed by atoms with Crippen LogP contribution in [0, 0.1) is 18.3 Å². The zero-order valence-corrected chi connectivity index (χ0v) is 23.1. The van der Waals surface area contributed by atoms with Gasteiger partial charge in [-0.15, -0.1) is 26.6 Å². The molecule has 10 heteroatoms. The molecule has 38 heavy (non-hydrogen) atoms. The van der Waals surface area contributed by atoms with E-state index in [-0.39, 0.29) is 0 Å². The fourth-order valence-corrected chi connectivity index (χ4v) is 6.16. The van der Waals surface area contributed by atoms with E-state index in [1.54, 1.807) is 29.5 Å². The van der Waals surface area contributed by atoms with Crippen LogP contribution in [0.2, 0.25) is 0 Å². The average molecular weight is 530 g/mol. The van der Waals surface area contributed by atoms with Crippen LogP contribution < -0.4 is 4.74 Å². The van der Waals surface area contributed by atoms with Crippen LogP contribution in [-0.2, 0) is 19.4 Å². The van der Waals surface area contributed by atoms with Gasteiger partial charge in [0.15, 0.2) is 0 Å². The van der Waals surface area contributed by atoms with Crippen LogP contribution >= 0.6 is 11.3 Å². The maximum absolute atomic E-state index is 6.03. The monoisotopic (exact) mass is 529 g/mol. The second-order valence-corrected chi connectivity index (χ2v) is 12.1. The standard InChI is InChI=1S/C28H31N7O2S/c1-17-13-34(16-29-17)22-8-6-18(11-23(22)36-5)21-14-35(33-30-21)15-26-31-32-27(37-26)25-12-19-10-20(28(2,3)4)7-9-24(19)38-25/h6,8,11-14,16,20H,7,9-10,15H2,1-5H3. The molecular formula is C28H31N7O2S. The minimum absolute atomic E-state index is 0.320. The van der Waals surface area contributed by atoms with Gasteiger partial charge in [-0.05, 0) is 61.3 Å². The Hall–Kier alpha value is -3.79. The summed E-state index contributed by atoms with van der Waals surface area (Å²) in [6.07, 6.45) is 9.08. The SMILES string of the molecule is COc1cc(-c2cn(Cc3nnc(-c4cc5c(s4)CCC(C(C)(C)C)C5)o3)nn2)ccc1-n1cnc(C)c1. The number of hydrogen-bond donors (Lipinski definition) is 0. The smallest absolute Gasteiger partial charge is 0.257 e. The number of imidazole rings is 1. The highest BCUT2D eigenvalue weighted by molar-refractivity contribution is 7.15. The lowest BCUT2D eigenvalue weighted by molar-refractivity contribution is 0.217. The molecule has 1 aliphatic rings. The van der Waals surface area contributed by atoms with Gasteiger partial charge in [0, 0.05) is 16.6 Å². The topological polar surface area (TPSA) is 96.7 Å². The minimum atomic E-state index is 0.320. The Morgan fingerprint density at radius 1 is 1.13 bits per heavy atom. The van der Waals surface area contributed by atoms with E-state index in [4.69, 9.17) is 9.15 Å². The number of methoxy groups -OCH3 is 1. The van der Waals surface area contributed by atoms with E-state index in [1.165, 1.54) is 16.9 Å². The summed E-state index contributed by atoms with van der Waals surface area (Å²) in [5.41, 5.74) is 5.23. The fourth-order valence-electron chi connectivity index (χ4n) is 5.04. The molecule has 5 aromatic rings. The Kier molecular flexibility index (Phi) is 6.14. The van der Waals surface area contributed by atoms with Gasteiger partial charge in [0.05, 0.1) is 35.9 Å². The van der Waals surface area contributed by atoms with Crippen molar-refractivity contribution in [3.05, 3.63) is 65.0 Å². The van der Waals surface area contributed by atoms with Crippen molar-refractivity contribution >= 4 is 11.3 Å². The molecule has 1 aliphatic carbocycles. The lowest BCUT2D eigenvalue weighted by atomic mass is 9.72. The van der Waals surface area contributed by atoms with Crippen molar-refractivity contribution in [2.45, 2.75) is 53.5 Å². The zero-order valence-electron chi connectivity index (χ0n) is 22.3. The van der Waals surface area contributed by atoms with E-state index in [0.717, 1.165) is 46.1 Å². The molecule has 196 valence electrons. The molecular weight excluding hydrogens is 498 g/mol. The van der Waals surface area contributed by atoms with Crippen LogP contribution in [0.15, 0.2) is 47.4 Å². The van der Waals surface area contributed by atoms with Gasteiger partial charge in [0.25, 0.3) is 5.89 Å². The Morgan fingerprint density at radius 2 is 2.00 bits per heavy atom. The van der Waals surface area contributed by atoms with Gasteiger partial charge in [-0.25, -0.2) is 9.67 Å². The first-order valence-electron chi connectivity index (χ1n) is 12.8. The van der Waals surface area contributed by atoms with Crippen LogP contribution in [0.25, 0.3) is 27.7 Å². The predicted molar refractivity (Wildman–Crippen MR) is 146 cm³/mol. The normalized spacial score (nSPS) is 15.6. The second kappa shape index (κ2) is 9.50. The van der Waals surface area contributed by atoms with E-state index in [9.17, 15) is 0 Å². The number of rotatable bonds is 6. The Balaban J connectivity index is 1.17. The summed E-state index contributed by atoms with van der Waals surface area (Å²) in [6.45, 7) is 9.31. The Labute approximate surface area is 225 Å². The summed E-state index contributed by atoms with van der Waals surface area (Å²) in [5.74, 6) is 2.49. The van der Waals surface area contributed by atoms with Crippen LogP contribution in [0.3, 0.4) is 0 Å². The van der Waals surface area contributed by atoms with Gasteiger partial charge in [-0.2, -0.15) is 0 Å². The highest BCUT2D eigenvalue weighted by Crippen LogP contribution is 2.42. The summed E-state index contributed by atoms with van der Waals surface area (Å²) >= 11 is 1.78. The highest BCUT2D eigenvalue weighted by atomic mass is 32.1. The molecule has 6 rings (SSSR count). The van der Waals surface area contributed by atoms with Crippen molar-refractivity contribution in [3.63, 3.8) is 0 Å². The summed E-state index contributed by atoms with van der Waals surface area (Å²) in [7, 11) is 1.66. The molecule has 1 unspecified atom stereocenters.